The van der Waals surface area contributed by atoms with E-state index < -0.39 is 0 Å². The van der Waals surface area contributed by atoms with Crippen molar-refractivity contribution in [3.05, 3.63) is 58.3 Å². The molecule has 2 rings (SSSR count). The standard InChI is InChI=1S/C16H14BrFO3/c1-2-20-12-5-3-11(4-6-12)16(19)10-21-13-7-8-15(18)14(17)9-13/h3-9H,2,10H2,1H3. The Kier molecular flexibility index (Phi) is 5.33. The maximum Gasteiger partial charge on any atom is 0.200 e. The van der Waals surface area contributed by atoms with Crippen LogP contribution in [0.3, 0.4) is 0 Å². The van der Waals surface area contributed by atoms with Gasteiger partial charge in [0.05, 0.1) is 11.1 Å². The lowest BCUT2D eigenvalue weighted by molar-refractivity contribution is 0.0921. The highest BCUT2D eigenvalue weighted by Crippen LogP contribution is 2.22. The maximum atomic E-state index is 13.1. The van der Waals surface area contributed by atoms with Gasteiger partial charge in [-0.2, -0.15) is 0 Å². The van der Waals surface area contributed by atoms with Crippen LogP contribution in [0.4, 0.5) is 4.39 Å². The number of rotatable bonds is 6. The van der Waals surface area contributed by atoms with Crippen LogP contribution in [0.5, 0.6) is 11.5 Å². The van der Waals surface area contributed by atoms with Crippen LogP contribution in [0.1, 0.15) is 17.3 Å². The van der Waals surface area contributed by atoms with Gasteiger partial charge in [-0.3, -0.25) is 4.79 Å². The molecule has 0 N–H and O–H groups in total. The van der Waals surface area contributed by atoms with Gasteiger partial charge < -0.3 is 9.47 Å². The molecule has 5 heteroatoms. The number of Topliss-reactive ketones (excluding diaryl/α,β-unsaturated/α-hetero) is 1. The molecule has 0 saturated heterocycles. The van der Waals surface area contributed by atoms with E-state index >= 15 is 0 Å². The summed E-state index contributed by atoms with van der Waals surface area (Å²) in [6.07, 6.45) is 0. The van der Waals surface area contributed by atoms with Crippen molar-refractivity contribution in [3.63, 3.8) is 0 Å². The Morgan fingerprint density at radius 2 is 1.76 bits per heavy atom. The molecular weight excluding hydrogens is 339 g/mol. The molecule has 0 aromatic heterocycles. The molecule has 0 aliphatic rings. The molecule has 0 amide bonds. The van der Waals surface area contributed by atoms with Gasteiger partial charge in [0.1, 0.15) is 17.3 Å². The van der Waals surface area contributed by atoms with E-state index in [1.165, 1.54) is 18.2 Å². The van der Waals surface area contributed by atoms with Crippen molar-refractivity contribution >= 4 is 21.7 Å². The van der Waals surface area contributed by atoms with Crippen molar-refractivity contribution in [2.45, 2.75) is 6.92 Å². The second-order valence-electron chi connectivity index (χ2n) is 4.25. The van der Waals surface area contributed by atoms with Crippen molar-refractivity contribution < 1.29 is 18.7 Å². The monoisotopic (exact) mass is 352 g/mol. The van der Waals surface area contributed by atoms with Crippen LogP contribution in [0.2, 0.25) is 0 Å². The van der Waals surface area contributed by atoms with Crippen LogP contribution in [0.15, 0.2) is 46.9 Å². The molecule has 0 aliphatic heterocycles. The third kappa shape index (κ3) is 4.29. The minimum Gasteiger partial charge on any atom is -0.494 e. The average Bonchev–Trinajstić information content (AvgIpc) is 2.49. The summed E-state index contributed by atoms with van der Waals surface area (Å²) >= 11 is 3.07. The first-order valence-electron chi connectivity index (χ1n) is 6.44. The molecular formula is C16H14BrFO3. The van der Waals surface area contributed by atoms with Crippen molar-refractivity contribution in [2.24, 2.45) is 0 Å². The van der Waals surface area contributed by atoms with Crippen LogP contribution in [0.25, 0.3) is 0 Å². The Morgan fingerprint density at radius 3 is 2.38 bits per heavy atom. The van der Waals surface area contributed by atoms with Gasteiger partial charge >= 0.3 is 0 Å². The topological polar surface area (TPSA) is 35.5 Å². The molecule has 0 fully saturated rings. The number of benzene rings is 2. The molecule has 0 spiro atoms. The number of carbonyl (C=O) groups excluding carboxylic acids is 1. The number of hydrogen-bond donors (Lipinski definition) is 0. The number of ketones is 1. The van der Waals surface area contributed by atoms with Gasteiger partial charge in [0, 0.05) is 5.56 Å². The zero-order chi connectivity index (χ0) is 15.2. The Morgan fingerprint density at radius 1 is 1.10 bits per heavy atom. The van der Waals surface area contributed by atoms with E-state index in [1.54, 1.807) is 24.3 Å². The van der Waals surface area contributed by atoms with Gasteiger partial charge in [-0.1, -0.05) is 0 Å². The predicted molar refractivity (Wildman–Crippen MR) is 81.5 cm³/mol. The third-order valence-electron chi connectivity index (χ3n) is 2.75. The molecule has 2 aromatic rings. The third-order valence-corrected chi connectivity index (χ3v) is 3.36. The number of halogens is 2. The fraction of sp³-hybridized carbons (Fsp3) is 0.188. The first kappa shape index (κ1) is 15.5. The van der Waals surface area contributed by atoms with Gasteiger partial charge in [-0.25, -0.2) is 4.39 Å². The van der Waals surface area contributed by atoms with Crippen LogP contribution in [0, 0.1) is 5.82 Å². The van der Waals surface area contributed by atoms with Crippen molar-refractivity contribution in [1.82, 2.24) is 0 Å². The normalized spacial score (nSPS) is 10.2. The van der Waals surface area contributed by atoms with Crippen molar-refractivity contribution in [2.75, 3.05) is 13.2 Å². The lowest BCUT2D eigenvalue weighted by atomic mass is 10.1. The molecule has 0 radical (unpaired) electrons. The van der Waals surface area contributed by atoms with E-state index in [0.717, 1.165) is 5.75 Å². The SMILES string of the molecule is CCOc1ccc(C(=O)COc2ccc(F)c(Br)c2)cc1. The van der Waals surface area contributed by atoms with E-state index in [1.807, 2.05) is 6.92 Å². The molecule has 0 bridgehead atoms. The largest absolute Gasteiger partial charge is 0.494 e. The van der Waals surface area contributed by atoms with E-state index in [2.05, 4.69) is 15.9 Å². The highest BCUT2D eigenvalue weighted by molar-refractivity contribution is 9.10. The number of hydrogen-bond acceptors (Lipinski definition) is 3. The quantitative estimate of drug-likeness (QED) is 0.729. The summed E-state index contributed by atoms with van der Waals surface area (Å²) in [4.78, 5) is 12.0. The van der Waals surface area contributed by atoms with Gasteiger partial charge in [0.25, 0.3) is 0 Å². The van der Waals surface area contributed by atoms with Crippen LogP contribution in [-0.2, 0) is 0 Å². The fourth-order valence-electron chi connectivity index (χ4n) is 1.70. The first-order valence-corrected chi connectivity index (χ1v) is 7.23. The summed E-state index contributed by atoms with van der Waals surface area (Å²) in [5.74, 6) is 0.624. The predicted octanol–water partition coefficient (Wildman–Crippen LogP) is 4.25. The second-order valence-corrected chi connectivity index (χ2v) is 5.10. The summed E-state index contributed by atoms with van der Waals surface area (Å²) in [6.45, 7) is 2.37. The summed E-state index contributed by atoms with van der Waals surface area (Å²) in [5.41, 5.74) is 0.541. The molecule has 2 aromatic carbocycles. The molecule has 21 heavy (non-hydrogen) atoms. The Hall–Kier alpha value is -1.88. The fourth-order valence-corrected chi connectivity index (χ4v) is 2.06. The van der Waals surface area contributed by atoms with E-state index in [0.29, 0.717) is 22.4 Å². The van der Waals surface area contributed by atoms with Crippen LogP contribution >= 0.6 is 15.9 Å². The number of ether oxygens (including phenoxy) is 2. The van der Waals surface area contributed by atoms with E-state index in [4.69, 9.17) is 9.47 Å². The van der Waals surface area contributed by atoms with Crippen LogP contribution < -0.4 is 9.47 Å². The minimum absolute atomic E-state index is 0.105. The molecule has 0 unspecified atom stereocenters. The summed E-state index contributed by atoms with van der Waals surface area (Å²) in [5, 5.41) is 0. The Bertz CT molecular complexity index is 626. The summed E-state index contributed by atoms with van der Waals surface area (Å²) in [6, 6.07) is 11.1. The molecule has 110 valence electrons. The lowest BCUT2D eigenvalue weighted by Crippen LogP contribution is -2.11. The zero-order valence-corrected chi connectivity index (χ0v) is 13.0. The lowest BCUT2D eigenvalue weighted by Gasteiger charge is -2.07. The van der Waals surface area contributed by atoms with Gasteiger partial charge in [0.2, 0.25) is 0 Å². The van der Waals surface area contributed by atoms with Crippen molar-refractivity contribution in [3.8, 4) is 11.5 Å². The van der Waals surface area contributed by atoms with Gasteiger partial charge in [0.15, 0.2) is 12.4 Å². The maximum absolute atomic E-state index is 13.1. The Labute approximate surface area is 130 Å². The van der Waals surface area contributed by atoms with Crippen molar-refractivity contribution in [1.29, 1.82) is 0 Å². The first-order chi connectivity index (χ1) is 10.1. The second kappa shape index (κ2) is 7.22. The van der Waals surface area contributed by atoms with E-state index in [-0.39, 0.29) is 18.2 Å². The van der Waals surface area contributed by atoms with Gasteiger partial charge in [-0.05, 0) is 65.3 Å². The smallest absolute Gasteiger partial charge is 0.200 e. The number of carbonyl (C=O) groups is 1. The zero-order valence-electron chi connectivity index (χ0n) is 11.4. The molecule has 0 aliphatic carbocycles. The highest BCUT2D eigenvalue weighted by atomic mass is 79.9. The highest BCUT2D eigenvalue weighted by Gasteiger charge is 2.08. The molecule has 0 atom stereocenters. The van der Waals surface area contributed by atoms with Gasteiger partial charge in [-0.15, -0.1) is 0 Å². The molecule has 0 saturated carbocycles. The minimum atomic E-state index is -0.375. The molecule has 3 nitrogen and oxygen atoms in total. The van der Waals surface area contributed by atoms with Crippen LogP contribution in [-0.4, -0.2) is 19.0 Å². The summed E-state index contributed by atoms with van der Waals surface area (Å²) < 4.78 is 24.1. The Balaban J connectivity index is 1.96. The van der Waals surface area contributed by atoms with E-state index in [9.17, 15) is 9.18 Å². The average molecular weight is 353 g/mol. The molecule has 0 heterocycles. The summed E-state index contributed by atoms with van der Waals surface area (Å²) in [7, 11) is 0.